The van der Waals surface area contributed by atoms with Crippen LogP contribution in [0.4, 0.5) is 11.4 Å². The van der Waals surface area contributed by atoms with Crippen molar-refractivity contribution in [2.24, 2.45) is 0 Å². The molecule has 35 heavy (non-hydrogen) atoms. The fourth-order valence-electron chi connectivity index (χ4n) is 3.83. The van der Waals surface area contributed by atoms with E-state index in [1.54, 1.807) is 24.5 Å². The van der Waals surface area contributed by atoms with Crippen LogP contribution in [0, 0.1) is 6.92 Å². The molecule has 0 radical (unpaired) electrons. The quantitative estimate of drug-likeness (QED) is 0.530. The molecule has 1 aliphatic heterocycles. The predicted molar refractivity (Wildman–Crippen MR) is 134 cm³/mol. The van der Waals surface area contributed by atoms with Crippen molar-refractivity contribution in [2.75, 3.05) is 49.4 Å². The number of rotatable bonds is 7. The summed E-state index contributed by atoms with van der Waals surface area (Å²) in [7, 11) is -3.42. The number of carbonyl (C=O) groups excluding carboxylic acids is 1. The molecule has 10 heteroatoms. The number of benzene rings is 1. The number of sulfone groups is 1. The highest BCUT2D eigenvalue weighted by Crippen LogP contribution is 2.33. The van der Waals surface area contributed by atoms with Crippen LogP contribution in [0.5, 0.6) is 5.88 Å². The Kier molecular flexibility index (Phi) is 7.32. The van der Waals surface area contributed by atoms with Crippen molar-refractivity contribution < 1.29 is 22.7 Å². The number of carbonyl (C=O) groups is 1. The van der Waals surface area contributed by atoms with Crippen LogP contribution >= 0.6 is 0 Å². The topological polar surface area (TPSA) is 111 Å². The lowest BCUT2D eigenvalue weighted by Gasteiger charge is -2.30. The van der Waals surface area contributed by atoms with Gasteiger partial charge in [-0.1, -0.05) is 6.07 Å². The monoisotopic (exact) mass is 496 g/mol. The van der Waals surface area contributed by atoms with Crippen molar-refractivity contribution in [1.29, 1.82) is 0 Å². The Morgan fingerprint density at radius 1 is 1.14 bits per heavy atom. The first-order chi connectivity index (χ1) is 16.8. The van der Waals surface area contributed by atoms with E-state index in [4.69, 9.17) is 9.47 Å². The second-order valence-corrected chi connectivity index (χ2v) is 10.2. The number of aryl methyl sites for hydroxylation is 1. The summed E-state index contributed by atoms with van der Waals surface area (Å²) in [6.45, 7) is 7.07. The second kappa shape index (κ2) is 10.4. The van der Waals surface area contributed by atoms with Crippen LogP contribution in [0.15, 0.2) is 53.7 Å². The molecule has 0 aliphatic carbocycles. The molecule has 9 nitrogen and oxygen atoms in total. The average molecular weight is 497 g/mol. The smallest absolute Gasteiger partial charge is 0.255 e. The lowest BCUT2D eigenvalue weighted by molar-refractivity contribution is 0.102. The van der Waals surface area contributed by atoms with E-state index in [1.165, 1.54) is 12.1 Å². The van der Waals surface area contributed by atoms with Gasteiger partial charge in [0.2, 0.25) is 5.88 Å². The first-order valence-electron chi connectivity index (χ1n) is 11.3. The van der Waals surface area contributed by atoms with Gasteiger partial charge < -0.3 is 19.7 Å². The molecule has 0 saturated carbocycles. The number of hydrogen-bond donors (Lipinski definition) is 1. The number of anilines is 2. The predicted octanol–water partition coefficient (Wildman–Crippen LogP) is 3.34. The Morgan fingerprint density at radius 3 is 2.63 bits per heavy atom. The van der Waals surface area contributed by atoms with Crippen LogP contribution in [0.2, 0.25) is 0 Å². The van der Waals surface area contributed by atoms with Gasteiger partial charge in [0, 0.05) is 47.9 Å². The molecule has 3 aromatic rings. The summed E-state index contributed by atoms with van der Waals surface area (Å²) in [5, 5.41) is 2.82. The molecule has 1 fully saturated rings. The van der Waals surface area contributed by atoms with Gasteiger partial charge in [0.05, 0.1) is 36.6 Å². The number of nitrogens with zero attached hydrogens (tertiary/aromatic N) is 3. The first kappa shape index (κ1) is 24.6. The normalized spacial score (nSPS) is 14.0. The first-order valence-corrected chi connectivity index (χ1v) is 13.2. The minimum Gasteiger partial charge on any atom is -0.476 e. The van der Waals surface area contributed by atoms with E-state index < -0.39 is 15.7 Å². The highest BCUT2D eigenvalue weighted by molar-refractivity contribution is 7.90. The van der Waals surface area contributed by atoms with Crippen LogP contribution in [0.3, 0.4) is 0 Å². The SMILES string of the molecule is CCOc1ncc(-c2cc(NC(=O)c3cccc(S(C)(=O)=O)c3)cnc2C)cc1N1CCOCC1. The van der Waals surface area contributed by atoms with E-state index in [-0.39, 0.29) is 10.5 Å². The molecule has 184 valence electrons. The molecule has 3 heterocycles. The number of nitrogens with one attached hydrogen (secondary N) is 1. The van der Waals surface area contributed by atoms with Gasteiger partial charge in [-0.2, -0.15) is 0 Å². The largest absolute Gasteiger partial charge is 0.476 e. The molecule has 1 saturated heterocycles. The minimum atomic E-state index is -3.42. The lowest BCUT2D eigenvalue weighted by atomic mass is 10.0. The molecule has 4 rings (SSSR count). The Morgan fingerprint density at radius 2 is 1.91 bits per heavy atom. The van der Waals surface area contributed by atoms with Gasteiger partial charge in [0.1, 0.15) is 5.69 Å². The fraction of sp³-hybridized carbons (Fsp3) is 0.320. The van der Waals surface area contributed by atoms with Gasteiger partial charge in [0.25, 0.3) is 5.91 Å². The number of hydrogen-bond acceptors (Lipinski definition) is 8. The number of morpholine rings is 1. The maximum absolute atomic E-state index is 12.8. The zero-order valence-electron chi connectivity index (χ0n) is 19.9. The van der Waals surface area contributed by atoms with Gasteiger partial charge in [-0.25, -0.2) is 13.4 Å². The zero-order chi connectivity index (χ0) is 25.0. The van der Waals surface area contributed by atoms with Gasteiger partial charge in [0.15, 0.2) is 9.84 Å². The third kappa shape index (κ3) is 5.77. The van der Waals surface area contributed by atoms with Crippen LogP contribution in [0.1, 0.15) is 23.0 Å². The highest BCUT2D eigenvalue weighted by Gasteiger charge is 2.19. The maximum Gasteiger partial charge on any atom is 0.255 e. The van der Waals surface area contributed by atoms with Crippen molar-refractivity contribution in [1.82, 2.24) is 9.97 Å². The van der Waals surface area contributed by atoms with Gasteiger partial charge in [-0.05, 0) is 44.2 Å². The summed E-state index contributed by atoms with van der Waals surface area (Å²) in [6, 6.07) is 9.79. The summed E-state index contributed by atoms with van der Waals surface area (Å²) in [4.78, 5) is 24.1. The molecule has 1 N–H and O–H groups in total. The van der Waals surface area contributed by atoms with Gasteiger partial charge in [-0.15, -0.1) is 0 Å². The van der Waals surface area contributed by atoms with Gasteiger partial charge >= 0.3 is 0 Å². The number of ether oxygens (including phenoxy) is 2. The van der Waals surface area contributed by atoms with Crippen LogP contribution in [-0.4, -0.2) is 63.5 Å². The summed E-state index contributed by atoms with van der Waals surface area (Å²) >= 11 is 0. The van der Waals surface area contributed by atoms with E-state index in [0.717, 1.165) is 41.9 Å². The Hall–Kier alpha value is -3.50. The van der Waals surface area contributed by atoms with Crippen molar-refractivity contribution in [3.05, 3.63) is 60.0 Å². The fourth-order valence-corrected chi connectivity index (χ4v) is 4.50. The molecule has 1 aliphatic rings. The lowest BCUT2D eigenvalue weighted by Crippen LogP contribution is -2.36. The Balaban J connectivity index is 1.64. The molecule has 0 spiro atoms. The third-order valence-electron chi connectivity index (χ3n) is 5.65. The minimum absolute atomic E-state index is 0.0870. The van der Waals surface area contributed by atoms with E-state index in [9.17, 15) is 13.2 Å². The van der Waals surface area contributed by atoms with Crippen molar-refractivity contribution in [3.63, 3.8) is 0 Å². The van der Waals surface area contributed by atoms with E-state index in [2.05, 4.69) is 20.2 Å². The summed E-state index contributed by atoms with van der Waals surface area (Å²) < 4.78 is 34.9. The van der Waals surface area contributed by atoms with Crippen LogP contribution < -0.4 is 15.0 Å². The molecule has 1 amide bonds. The molecule has 0 unspecified atom stereocenters. The van der Waals surface area contributed by atoms with E-state index in [1.807, 2.05) is 26.0 Å². The average Bonchev–Trinajstić information content (AvgIpc) is 2.86. The molecule has 2 aromatic heterocycles. The van der Waals surface area contributed by atoms with E-state index >= 15 is 0 Å². The Labute approximate surface area is 205 Å². The Bertz CT molecular complexity index is 1340. The summed E-state index contributed by atoms with van der Waals surface area (Å²) in [5.41, 5.74) is 4.06. The van der Waals surface area contributed by atoms with Crippen LogP contribution in [0.25, 0.3) is 11.1 Å². The highest BCUT2D eigenvalue weighted by atomic mass is 32.2. The molecule has 1 aromatic carbocycles. The second-order valence-electron chi connectivity index (χ2n) is 8.19. The number of aromatic nitrogens is 2. The number of amides is 1. The summed E-state index contributed by atoms with van der Waals surface area (Å²) in [6.07, 6.45) is 4.42. The summed E-state index contributed by atoms with van der Waals surface area (Å²) in [5.74, 6) is 0.143. The standard InChI is InChI=1S/C25H28N4O5S/c1-4-34-25-23(29-8-10-33-11-9-29)13-19(15-27-25)22-14-20(16-26-17(22)2)28-24(30)18-6-5-7-21(12-18)35(3,31)32/h5-7,12-16H,4,8-11H2,1-3H3,(H,28,30). The van der Waals surface area contributed by atoms with Crippen molar-refractivity contribution in [2.45, 2.75) is 18.7 Å². The van der Waals surface area contributed by atoms with Crippen molar-refractivity contribution >= 4 is 27.1 Å². The number of pyridine rings is 2. The zero-order valence-corrected chi connectivity index (χ0v) is 20.8. The van der Waals surface area contributed by atoms with E-state index in [0.29, 0.717) is 31.4 Å². The maximum atomic E-state index is 12.8. The third-order valence-corrected chi connectivity index (χ3v) is 6.76. The molecule has 0 bridgehead atoms. The molecular weight excluding hydrogens is 468 g/mol. The van der Waals surface area contributed by atoms with Crippen molar-refractivity contribution in [3.8, 4) is 17.0 Å². The van der Waals surface area contributed by atoms with Crippen LogP contribution in [-0.2, 0) is 14.6 Å². The van der Waals surface area contributed by atoms with Gasteiger partial charge in [-0.3, -0.25) is 9.78 Å². The molecule has 0 atom stereocenters. The molecular formula is C25H28N4O5S.